The minimum absolute atomic E-state index is 0.0287. The van der Waals surface area contributed by atoms with Crippen molar-refractivity contribution in [1.29, 1.82) is 0 Å². The van der Waals surface area contributed by atoms with Crippen LogP contribution in [-0.2, 0) is 9.53 Å². The Hall–Kier alpha value is -0.313. The van der Waals surface area contributed by atoms with Crippen LogP contribution in [0.1, 0.15) is 25.7 Å². The van der Waals surface area contributed by atoms with Crippen LogP contribution in [0, 0.1) is 0 Å². The van der Waals surface area contributed by atoms with Gasteiger partial charge in [-0.15, -0.1) is 0 Å². The van der Waals surface area contributed by atoms with Gasteiger partial charge in [0.25, 0.3) is 0 Å². The zero-order valence-corrected chi connectivity index (χ0v) is 6.93. The minimum Gasteiger partial charge on any atom is -0.462 e. The predicted octanol–water partition coefficient (Wildman–Crippen LogP) is 1.06. The van der Waals surface area contributed by atoms with E-state index in [0.717, 1.165) is 25.3 Å². The lowest BCUT2D eigenvalue weighted by Gasteiger charge is -2.06. The zero-order valence-electron chi connectivity index (χ0n) is 5.93. The number of esters is 1. The summed E-state index contributed by atoms with van der Waals surface area (Å²) in [6.45, 7) is 0. The molecule has 1 heterocycles. The molecule has 0 amide bonds. The maximum atomic E-state index is 10.6. The van der Waals surface area contributed by atoms with Crippen molar-refractivity contribution in [2.75, 3.05) is 0 Å². The number of hydrogen-bond donors (Lipinski definition) is 0. The van der Waals surface area contributed by atoms with Crippen molar-refractivity contribution in [3.8, 4) is 0 Å². The van der Waals surface area contributed by atoms with Gasteiger partial charge in [-0.05, 0) is 12.8 Å². The molecule has 1 atom stereocenters. The Morgan fingerprint density at radius 3 is 3.00 bits per heavy atom. The number of cyclic esters (lactones) is 1. The fraction of sp³-hybridized carbons (Fsp3) is 0.857. The zero-order chi connectivity index (χ0) is 7.40. The van der Waals surface area contributed by atoms with E-state index in [0.29, 0.717) is 6.42 Å². The Morgan fingerprint density at radius 1 is 1.70 bits per heavy atom. The highest BCUT2D eigenvalue weighted by Crippen LogP contribution is 2.18. The lowest BCUT2D eigenvalue weighted by atomic mass is 10.1. The van der Waals surface area contributed by atoms with Gasteiger partial charge in [0.1, 0.15) is 6.10 Å². The van der Waals surface area contributed by atoms with Crippen molar-refractivity contribution in [3.05, 3.63) is 0 Å². The molecular formula is C7H11O2Si. The van der Waals surface area contributed by atoms with E-state index < -0.39 is 0 Å². The summed E-state index contributed by atoms with van der Waals surface area (Å²) in [6, 6.07) is 0.994. The SMILES string of the molecule is O=C1CCC(CCC[Si])O1. The first-order valence-corrected chi connectivity index (χ1v) is 4.37. The largest absolute Gasteiger partial charge is 0.462 e. The van der Waals surface area contributed by atoms with Gasteiger partial charge in [0.05, 0.1) is 0 Å². The standard InChI is InChI=1S/C7H11O2Si/c8-7-4-3-6(9-7)2-1-5-10/h6H,1-5H2. The summed E-state index contributed by atoms with van der Waals surface area (Å²) in [5.41, 5.74) is 0. The molecule has 0 aromatic rings. The minimum atomic E-state index is -0.0287. The predicted molar refractivity (Wildman–Crippen MR) is 38.9 cm³/mol. The lowest BCUT2D eigenvalue weighted by Crippen LogP contribution is -2.05. The lowest BCUT2D eigenvalue weighted by molar-refractivity contribution is -0.141. The smallest absolute Gasteiger partial charge is 0.306 e. The van der Waals surface area contributed by atoms with E-state index in [9.17, 15) is 4.79 Å². The number of carbonyl (C=O) groups is 1. The summed E-state index contributed by atoms with van der Waals surface area (Å²) >= 11 is 0. The van der Waals surface area contributed by atoms with Gasteiger partial charge in [0.2, 0.25) is 0 Å². The number of hydrogen-bond acceptors (Lipinski definition) is 2. The Labute approximate surface area is 64.4 Å². The van der Waals surface area contributed by atoms with Gasteiger partial charge in [0.15, 0.2) is 0 Å². The molecule has 0 spiro atoms. The number of rotatable bonds is 3. The van der Waals surface area contributed by atoms with Crippen molar-refractivity contribution in [3.63, 3.8) is 0 Å². The van der Waals surface area contributed by atoms with Crippen LogP contribution in [0.5, 0.6) is 0 Å². The second-order valence-electron chi connectivity index (χ2n) is 2.54. The fourth-order valence-corrected chi connectivity index (χ4v) is 1.32. The maximum Gasteiger partial charge on any atom is 0.306 e. The highest BCUT2D eigenvalue weighted by atomic mass is 28.1. The van der Waals surface area contributed by atoms with Crippen LogP contribution >= 0.6 is 0 Å². The molecular weight excluding hydrogens is 144 g/mol. The normalized spacial score (nSPS) is 24.9. The molecule has 2 nitrogen and oxygen atoms in total. The quantitative estimate of drug-likeness (QED) is 0.450. The van der Waals surface area contributed by atoms with Crippen molar-refractivity contribution in [2.24, 2.45) is 0 Å². The first kappa shape index (κ1) is 7.79. The molecule has 1 aliphatic heterocycles. The first-order valence-electron chi connectivity index (χ1n) is 3.67. The molecule has 0 bridgehead atoms. The molecule has 0 saturated carbocycles. The van der Waals surface area contributed by atoms with Crippen molar-refractivity contribution in [1.82, 2.24) is 0 Å². The highest BCUT2D eigenvalue weighted by molar-refractivity contribution is 6.08. The van der Waals surface area contributed by atoms with Crippen LogP contribution in [-0.4, -0.2) is 22.3 Å². The van der Waals surface area contributed by atoms with Crippen LogP contribution in [0.3, 0.4) is 0 Å². The van der Waals surface area contributed by atoms with Gasteiger partial charge in [-0.1, -0.05) is 12.5 Å². The monoisotopic (exact) mass is 155 g/mol. The van der Waals surface area contributed by atoms with Crippen LogP contribution in [0.4, 0.5) is 0 Å². The maximum absolute atomic E-state index is 10.6. The summed E-state index contributed by atoms with van der Waals surface area (Å²) < 4.78 is 5.00. The molecule has 0 aliphatic carbocycles. The van der Waals surface area contributed by atoms with Gasteiger partial charge in [-0.25, -0.2) is 0 Å². The molecule has 0 aromatic carbocycles. The highest BCUT2D eigenvalue weighted by Gasteiger charge is 2.21. The molecule has 3 heteroatoms. The van der Waals surface area contributed by atoms with E-state index in [1.54, 1.807) is 0 Å². The molecule has 3 radical (unpaired) electrons. The Kier molecular flexibility index (Phi) is 2.93. The van der Waals surface area contributed by atoms with Gasteiger partial charge in [-0.2, -0.15) is 0 Å². The summed E-state index contributed by atoms with van der Waals surface area (Å²) in [5.74, 6) is -0.0287. The first-order chi connectivity index (χ1) is 4.83. The summed E-state index contributed by atoms with van der Waals surface area (Å²) in [7, 11) is 3.38. The molecule has 1 rings (SSSR count). The molecule has 55 valence electrons. The fourth-order valence-electron chi connectivity index (χ4n) is 1.12. The molecule has 10 heavy (non-hydrogen) atoms. The van der Waals surface area contributed by atoms with E-state index in [1.165, 1.54) is 0 Å². The average Bonchev–Trinajstić information content (AvgIpc) is 2.31. The Bertz CT molecular complexity index is 125. The van der Waals surface area contributed by atoms with Gasteiger partial charge in [-0.3, -0.25) is 4.79 Å². The third-order valence-corrected chi connectivity index (χ3v) is 2.02. The van der Waals surface area contributed by atoms with Crippen LogP contribution < -0.4 is 0 Å². The van der Waals surface area contributed by atoms with Crippen LogP contribution in [0.15, 0.2) is 0 Å². The van der Waals surface area contributed by atoms with E-state index >= 15 is 0 Å². The second kappa shape index (κ2) is 3.76. The van der Waals surface area contributed by atoms with Crippen LogP contribution in [0.2, 0.25) is 6.04 Å². The van der Waals surface area contributed by atoms with E-state index in [4.69, 9.17) is 4.74 Å². The molecule has 0 aromatic heterocycles. The van der Waals surface area contributed by atoms with Crippen LogP contribution in [0.25, 0.3) is 0 Å². The van der Waals surface area contributed by atoms with E-state index in [2.05, 4.69) is 10.2 Å². The number of ether oxygens (including phenoxy) is 1. The summed E-state index contributed by atoms with van der Waals surface area (Å²) in [4.78, 5) is 10.6. The van der Waals surface area contributed by atoms with Crippen molar-refractivity contribution in [2.45, 2.75) is 37.8 Å². The number of carbonyl (C=O) groups excluding carboxylic acids is 1. The molecule has 0 N–H and O–H groups in total. The third-order valence-electron chi connectivity index (χ3n) is 1.67. The molecule has 1 fully saturated rings. The molecule has 1 saturated heterocycles. The van der Waals surface area contributed by atoms with Crippen molar-refractivity contribution >= 4 is 16.2 Å². The average molecular weight is 155 g/mol. The summed E-state index contributed by atoms with van der Waals surface area (Å²) in [6.07, 6.45) is 3.85. The molecule has 1 aliphatic rings. The summed E-state index contributed by atoms with van der Waals surface area (Å²) in [5, 5.41) is 0. The van der Waals surface area contributed by atoms with Crippen molar-refractivity contribution < 1.29 is 9.53 Å². The Balaban J connectivity index is 2.12. The van der Waals surface area contributed by atoms with Gasteiger partial charge < -0.3 is 4.74 Å². The van der Waals surface area contributed by atoms with E-state index in [-0.39, 0.29) is 12.1 Å². The Morgan fingerprint density at radius 2 is 2.50 bits per heavy atom. The van der Waals surface area contributed by atoms with Gasteiger partial charge >= 0.3 is 5.97 Å². The topological polar surface area (TPSA) is 26.3 Å². The van der Waals surface area contributed by atoms with Gasteiger partial charge in [0, 0.05) is 16.7 Å². The second-order valence-corrected chi connectivity index (χ2v) is 3.04. The third kappa shape index (κ3) is 2.14. The van der Waals surface area contributed by atoms with E-state index in [1.807, 2.05) is 0 Å². The molecule has 1 unspecified atom stereocenters.